The third-order valence-electron chi connectivity index (χ3n) is 4.30. The van der Waals surface area contributed by atoms with Gasteiger partial charge in [-0.1, -0.05) is 30.3 Å². The average molecular weight is 342 g/mol. The Morgan fingerprint density at radius 1 is 1.20 bits per heavy atom. The zero-order valence-corrected chi connectivity index (χ0v) is 13.5. The fraction of sp³-hybridized carbons (Fsp3) is 0.278. The highest BCUT2D eigenvalue weighted by Gasteiger charge is 2.38. The van der Waals surface area contributed by atoms with Crippen molar-refractivity contribution in [1.29, 1.82) is 0 Å². The van der Waals surface area contributed by atoms with Crippen LogP contribution in [0.15, 0.2) is 48.5 Å². The lowest BCUT2D eigenvalue weighted by molar-refractivity contribution is -0.384. The number of nitrogens with one attached hydrogen (secondary N) is 1. The summed E-state index contributed by atoms with van der Waals surface area (Å²) in [6.45, 7) is 1.12. The van der Waals surface area contributed by atoms with Crippen molar-refractivity contribution < 1.29 is 19.6 Å². The quantitative estimate of drug-likeness (QED) is 0.454. The van der Waals surface area contributed by atoms with E-state index in [0.717, 1.165) is 0 Å². The lowest BCUT2D eigenvalue weighted by Gasteiger charge is -2.40. The van der Waals surface area contributed by atoms with E-state index in [2.05, 4.69) is 5.32 Å². The maximum atomic E-state index is 12.5. The van der Waals surface area contributed by atoms with E-state index in [1.807, 2.05) is 0 Å². The van der Waals surface area contributed by atoms with Crippen LogP contribution in [0, 0.1) is 15.5 Å². The molecule has 0 saturated carbocycles. The van der Waals surface area contributed by atoms with Crippen molar-refractivity contribution in [2.24, 2.45) is 5.41 Å². The summed E-state index contributed by atoms with van der Waals surface area (Å²) in [7, 11) is 0. The first-order valence-corrected chi connectivity index (χ1v) is 7.85. The van der Waals surface area contributed by atoms with Crippen LogP contribution in [0.3, 0.4) is 0 Å². The van der Waals surface area contributed by atoms with Gasteiger partial charge in [0.2, 0.25) is 0 Å². The van der Waals surface area contributed by atoms with Gasteiger partial charge in [0, 0.05) is 23.7 Å². The number of hydrogen-bond donors (Lipinski definition) is 2. The average Bonchev–Trinajstić information content (AvgIpc) is 2.61. The number of hydrogen-bond acceptors (Lipinski definition) is 6. The molecule has 0 radical (unpaired) electrons. The largest absolute Gasteiger partial charge is 0.396 e. The lowest BCUT2D eigenvalue weighted by atomic mass is 9.87. The predicted octanol–water partition coefficient (Wildman–Crippen LogP) is 2.25. The number of nitro benzene ring substituents is 1. The van der Waals surface area contributed by atoms with E-state index < -0.39 is 10.3 Å². The van der Waals surface area contributed by atoms with Crippen LogP contribution in [-0.4, -0.2) is 42.2 Å². The molecule has 1 heterocycles. The highest BCUT2D eigenvalue weighted by atomic mass is 16.6. The van der Waals surface area contributed by atoms with Gasteiger partial charge in [0.15, 0.2) is 5.78 Å². The minimum Gasteiger partial charge on any atom is -0.396 e. The normalized spacial score (nSPS) is 15.2. The van der Waals surface area contributed by atoms with Crippen LogP contribution in [-0.2, 0) is 4.74 Å². The van der Waals surface area contributed by atoms with Crippen molar-refractivity contribution in [2.45, 2.75) is 0 Å². The highest BCUT2D eigenvalue weighted by molar-refractivity contribution is 6.09. The molecule has 130 valence electrons. The lowest BCUT2D eigenvalue weighted by Crippen LogP contribution is -2.50. The Morgan fingerprint density at radius 3 is 2.48 bits per heavy atom. The molecule has 0 amide bonds. The van der Waals surface area contributed by atoms with Crippen molar-refractivity contribution in [3.05, 3.63) is 69.8 Å². The van der Waals surface area contributed by atoms with Crippen LogP contribution in [0.2, 0.25) is 0 Å². The molecule has 0 atom stereocenters. The first-order valence-electron chi connectivity index (χ1n) is 7.85. The number of nitrogens with zero attached hydrogens (tertiary/aromatic N) is 1. The topological polar surface area (TPSA) is 102 Å². The Labute approximate surface area is 144 Å². The van der Waals surface area contributed by atoms with Crippen LogP contribution in [0.25, 0.3) is 0 Å². The molecular weight excluding hydrogens is 324 g/mol. The van der Waals surface area contributed by atoms with Crippen molar-refractivity contribution in [2.75, 3.05) is 31.7 Å². The molecule has 0 unspecified atom stereocenters. The monoisotopic (exact) mass is 342 g/mol. The maximum Gasteiger partial charge on any atom is 0.293 e. The molecule has 7 heteroatoms. The van der Waals surface area contributed by atoms with E-state index in [9.17, 15) is 20.0 Å². The molecule has 2 aromatic carbocycles. The minimum atomic E-state index is -0.521. The van der Waals surface area contributed by atoms with Crippen molar-refractivity contribution in [3.63, 3.8) is 0 Å². The number of ketones is 1. The SMILES string of the molecule is O=C(c1ccccc1)c1ccc(NCC2(CO)COC2)c([N+](=O)[O-])c1. The zero-order chi connectivity index (χ0) is 17.9. The Morgan fingerprint density at radius 2 is 1.92 bits per heavy atom. The van der Waals surface area contributed by atoms with Gasteiger partial charge in [-0.3, -0.25) is 14.9 Å². The second kappa shape index (κ2) is 7.00. The summed E-state index contributed by atoms with van der Waals surface area (Å²) < 4.78 is 5.12. The molecule has 0 bridgehead atoms. The number of aliphatic hydroxyl groups excluding tert-OH is 1. The first kappa shape index (κ1) is 17.1. The summed E-state index contributed by atoms with van der Waals surface area (Å²) in [5.74, 6) is -0.269. The maximum absolute atomic E-state index is 12.5. The number of anilines is 1. The van der Waals surface area contributed by atoms with E-state index in [1.54, 1.807) is 36.4 Å². The molecule has 2 aromatic rings. The van der Waals surface area contributed by atoms with Crippen LogP contribution < -0.4 is 5.32 Å². The zero-order valence-electron chi connectivity index (χ0n) is 13.5. The molecule has 1 aliphatic rings. The number of nitro groups is 1. The van der Waals surface area contributed by atoms with Gasteiger partial charge in [-0.15, -0.1) is 0 Å². The third-order valence-corrected chi connectivity index (χ3v) is 4.30. The van der Waals surface area contributed by atoms with E-state index in [1.165, 1.54) is 12.1 Å². The summed E-state index contributed by atoms with van der Waals surface area (Å²) in [4.78, 5) is 23.3. The Hall–Kier alpha value is -2.77. The summed E-state index contributed by atoms with van der Waals surface area (Å²) >= 11 is 0. The summed E-state index contributed by atoms with van der Waals surface area (Å²) in [5, 5.41) is 23.8. The van der Waals surface area contributed by atoms with Gasteiger partial charge in [0.25, 0.3) is 5.69 Å². The van der Waals surface area contributed by atoms with Crippen LogP contribution >= 0.6 is 0 Å². The van der Waals surface area contributed by atoms with Gasteiger partial charge < -0.3 is 15.2 Å². The Balaban J connectivity index is 1.83. The van der Waals surface area contributed by atoms with Gasteiger partial charge >= 0.3 is 0 Å². The van der Waals surface area contributed by atoms with Crippen LogP contribution in [0.4, 0.5) is 11.4 Å². The van der Waals surface area contributed by atoms with E-state index in [0.29, 0.717) is 31.0 Å². The molecule has 0 aliphatic carbocycles. The summed E-state index contributed by atoms with van der Waals surface area (Å²) in [6.07, 6.45) is 0. The second-order valence-corrected chi connectivity index (χ2v) is 6.19. The number of rotatable bonds is 7. The van der Waals surface area contributed by atoms with E-state index >= 15 is 0 Å². The van der Waals surface area contributed by atoms with Crippen molar-refractivity contribution in [1.82, 2.24) is 0 Å². The fourth-order valence-corrected chi connectivity index (χ4v) is 2.65. The van der Waals surface area contributed by atoms with Crippen molar-refractivity contribution in [3.8, 4) is 0 Å². The number of carbonyl (C=O) groups excluding carboxylic acids is 1. The molecule has 1 aliphatic heterocycles. The van der Waals surface area contributed by atoms with E-state index in [-0.39, 0.29) is 23.6 Å². The van der Waals surface area contributed by atoms with Gasteiger partial charge in [-0.05, 0) is 12.1 Å². The summed E-state index contributed by atoms with van der Waals surface area (Å²) in [5.41, 5.74) is 0.465. The molecule has 2 N–H and O–H groups in total. The molecular formula is C18H18N2O5. The third kappa shape index (κ3) is 3.52. The number of carbonyl (C=O) groups is 1. The van der Waals surface area contributed by atoms with Crippen molar-refractivity contribution >= 4 is 17.2 Å². The second-order valence-electron chi connectivity index (χ2n) is 6.19. The molecule has 1 saturated heterocycles. The van der Waals surface area contributed by atoms with Crippen LogP contribution in [0.5, 0.6) is 0 Å². The molecule has 0 aromatic heterocycles. The Bertz CT molecular complexity index is 782. The number of aliphatic hydroxyl groups is 1. The molecule has 1 fully saturated rings. The molecule has 25 heavy (non-hydrogen) atoms. The van der Waals surface area contributed by atoms with E-state index in [4.69, 9.17) is 4.74 Å². The minimum absolute atomic E-state index is 0.0572. The number of ether oxygens (including phenoxy) is 1. The predicted molar refractivity (Wildman–Crippen MR) is 91.8 cm³/mol. The molecule has 7 nitrogen and oxygen atoms in total. The standard InChI is InChI=1S/C18H18N2O5/c21-10-18(11-25-12-18)9-19-15-7-6-14(8-16(15)20(23)24)17(22)13-4-2-1-3-5-13/h1-8,19,21H,9-12H2. The molecule has 3 rings (SSSR count). The van der Waals surface area contributed by atoms with Crippen LogP contribution in [0.1, 0.15) is 15.9 Å². The Kier molecular flexibility index (Phi) is 4.78. The highest BCUT2D eigenvalue weighted by Crippen LogP contribution is 2.31. The summed E-state index contributed by atoms with van der Waals surface area (Å²) in [6, 6.07) is 13.0. The molecule has 0 spiro atoms. The first-order chi connectivity index (χ1) is 12.0. The van der Waals surface area contributed by atoms with Gasteiger partial charge in [-0.25, -0.2) is 0 Å². The fourth-order valence-electron chi connectivity index (χ4n) is 2.65. The van der Waals surface area contributed by atoms with Gasteiger partial charge in [-0.2, -0.15) is 0 Å². The van der Waals surface area contributed by atoms with Gasteiger partial charge in [0.1, 0.15) is 5.69 Å². The number of benzene rings is 2. The van der Waals surface area contributed by atoms with Gasteiger partial charge in [0.05, 0.1) is 30.2 Å². The smallest absolute Gasteiger partial charge is 0.293 e.